The molecule has 8 heteroatoms. The highest BCUT2D eigenvalue weighted by molar-refractivity contribution is 7.15. The average molecular weight is 409 g/mol. The highest BCUT2D eigenvalue weighted by atomic mass is 32.1. The van der Waals surface area contributed by atoms with Crippen LogP contribution in [0.3, 0.4) is 0 Å². The van der Waals surface area contributed by atoms with Crippen molar-refractivity contribution in [3.05, 3.63) is 46.5 Å². The van der Waals surface area contributed by atoms with Crippen molar-refractivity contribution in [2.24, 2.45) is 0 Å². The molecule has 3 aromatic rings. The Morgan fingerprint density at radius 2 is 1.93 bits per heavy atom. The first-order valence-electron chi connectivity index (χ1n) is 9.89. The largest absolute Gasteiger partial charge is 0.384 e. The van der Waals surface area contributed by atoms with E-state index >= 15 is 0 Å². The van der Waals surface area contributed by atoms with Crippen LogP contribution >= 0.6 is 11.3 Å². The van der Waals surface area contributed by atoms with Crippen LogP contribution in [0.15, 0.2) is 30.3 Å². The molecule has 150 valence electrons. The lowest BCUT2D eigenvalue weighted by molar-refractivity contribution is -0.0757. The summed E-state index contributed by atoms with van der Waals surface area (Å²) in [6.45, 7) is 4.45. The minimum Gasteiger partial charge on any atom is -0.384 e. The van der Waals surface area contributed by atoms with E-state index in [0.29, 0.717) is 11.8 Å². The average Bonchev–Trinajstić information content (AvgIpc) is 3.14. The third-order valence-electron chi connectivity index (χ3n) is 5.78. The Labute approximate surface area is 173 Å². The van der Waals surface area contributed by atoms with E-state index in [-0.39, 0.29) is 5.60 Å². The van der Waals surface area contributed by atoms with Gasteiger partial charge in [-0.3, -0.25) is 0 Å². The van der Waals surface area contributed by atoms with E-state index in [1.54, 1.807) is 0 Å². The van der Waals surface area contributed by atoms with Crippen LogP contribution < -0.4 is 16.4 Å². The number of pyridine rings is 1. The van der Waals surface area contributed by atoms with Crippen molar-refractivity contribution >= 4 is 28.9 Å². The van der Waals surface area contributed by atoms with Gasteiger partial charge in [0.2, 0.25) is 5.95 Å². The summed E-state index contributed by atoms with van der Waals surface area (Å²) in [4.78, 5) is 18.0. The van der Waals surface area contributed by atoms with E-state index in [1.807, 2.05) is 42.5 Å². The van der Waals surface area contributed by atoms with E-state index in [4.69, 9.17) is 16.2 Å². The van der Waals surface area contributed by atoms with Gasteiger partial charge in [-0.25, -0.2) is 9.97 Å². The van der Waals surface area contributed by atoms with E-state index in [2.05, 4.69) is 25.9 Å². The summed E-state index contributed by atoms with van der Waals surface area (Å²) in [5.41, 5.74) is 14.7. The minimum atomic E-state index is -0.229. The highest BCUT2D eigenvalue weighted by Gasteiger charge is 2.42. The molecule has 7 nitrogen and oxygen atoms in total. The summed E-state index contributed by atoms with van der Waals surface area (Å²) < 4.78 is 6.41. The molecule has 0 radical (unpaired) electrons. The fourth-order valence-corrected chi connectivity index (χ4v) is 5.58. The number of anilines is 3. The SMILES string of the molecule is Cc1cc(N2CCC3(CC2)OCCc2sc(-c4cccc(N)n4)cc23)nc(N)n1. The Hall–Kier alpha value is -2.71. The molecule has 0 aliphatic carbocycles. The van der Waals surface area contributed by atoms with Gasteiger partial charge in [0.05, 0.1) is 22.8 Å². The predicted octanol–water partition coefficient (Wildman–Crippen LogP) is 3.14. The van der Waals surface area contributed by atoms with Crippen molar-refractivity contribution in [3.63, 3.8) is 0 Å². The maximum atomic E-state index is 6.41. The second-order valence-electron chi connectivity index (χ2n) is 7.70. The Morgan fingerprint density at radius 1 is 1.10 bits per heavy atom. The van der Waals surface area contributed by atoms with Gasteiger partial charge in [0, 0.05) is 36.1 Å². The second kappa shape index (κ2) is 6.96. The number of nitrogens with two attached hydrogens (primary N) is 2. The van der Waals surface area contributed by atoms with E-state index in [0.717, 1.165) is 61.0 Å². The summed E-state index contributed by atoms with van der Waals surface area (Å²) in [7, 11) is 0. The zero-order valence-electron chi connectivity index (χ0n) is 16.4. The molecule has 2 aliphatic heterocycles. The molecule has 29 heavy (non-hydrogen) atoms. The fraction of sp³-hybridized carbons (Fsp3) is 0.381. The number of thiophene rings is 1. The molecule has 0 saturated carbocycles. The topological polar surface area (TPSA) is 103 Å². The van der Waals surface area contributed by atoms with Gasteiger partial charge in [0.1, 0.15) is 11.6 Å². The van der Waals surface area contributed by atoms with Gasteiger partial charge in [0.15, 0.2) is 0 Å². The van der Waals surface area contributed by atoms with Crippen LogP contribution in [0.2, 0.25) is 0 Å². The van der Waals surface area contributed by atoms with Gasteiger partial charge >= 0.3 is 0 Å². The van der Waals surface area contributed by atoms with Gasteiger partial charge in [-0.15, -0.1) is 11.3 Å². The number of ether oxygens (including phenoxy) is 1. The lowest BCUT2D eigenvalue weighted by atomic mass is 9.82. The molecule has 0 bridgehead atoms. The van der Waals surface area contributed by atoms with Crippen LogP contribution in [0.25, 0.3) is 10.6 Å². The Balaban J connectivity index is 1.42. The van der Waals surface area contributed by atoms with E-state index in [9.17, 15) is 0 Å². The molecule has 0 aromatic carbocycles. The number of fused-ring (bicyclic) bond motifs is 2. The van der Waals surface area contributed by atoms with Gasteiger partial charge in [-0.05, 0) is 43.5 Å². The molecule has 4 N–H and O–H groups in total. The molecule has 0 unspecified atom stereocenters. The number of rotatable bonds is 2. The van der Waals surface area contributed by atoms with E-state index in [1.165, 1.54) is 10.4 Å². The van der Waals surface area contributed by atoms with E-state index < -0.39 is 0 Å². The van der Waals surface area contributed by atoms with Crippen LogP contribution in [0, 0.1) is 6.92 Å². The number of piperidine rings is 1. The number of nitrogens with zero attached hydrogens (tertiary/aromatic N) is 4. The van der Waals surface area contributed by atoms with Gasteiger partial charge < -0.3 is 21.1 Å². The molecule has 1 fully saturated rings. The third kappa shape index (κ3) is 3.32. The van der Waals surface area contributed by atoms with Crippen molar-refractivity contribution in [2.75, 3.05) is 36.1 Å². The number of hydrogen-bond donors (Lipinski definition) is 2. The summed E-state index contributed by atoms with van der Waals surface area (Å²) in [6.07, 6.45) is 2.79. The molecule has 3 aromatic heterocycles. The Morgan fingerprint density at radius 3 is 2.69 bits per heavy atom. The Bertz CT molecular complexity index is 1040. The molecule has 0 amide bonds. The minimum absolute atomic E-state index is 0.229. The first kappa shape index (κ1) is 18.3. The molecule has 0 atom stereocenters. The van der Waals surface area contributed by atoms with Gasteiger partial charge in [-0.2, -0.15) is 4.98 Å². The number of hydrogen-bond acceptors (Lipinski definition) is 8. The van der Waals surface area contributed by atoms with Crippen molar-refractivity contribution in [1.29, 1.82) is 0 Å². The Kier molecular flexibility index (Phi) is 4.40. The normalized spacial score (nSPS) is 18.0. The highest BCUT2D eigenvalue weighted by Crippen LogP contribution is 2.46. The van der Waals surface area contributed by atoms with Crippen molar-refractivity contribution in [3.8, 4) is 10.6 Å². The summed E-state index contributed by atoms with van der Waals surface area (Å²) in [5, 5.41) is 0. The molecule has 5 rings (SSSR count). The monoisotopic (exact) mass is 408 g/mol. The number of nitrogen functional groups attached to an aromatic ring is 2. The summed E-state index contributed by atoms with van der Waals surface area (Å²) >= 11 is 1.82. The van der Waals surface area contributed by atoms with Gasteiger partial charge in [-0.1, -0.05) is 6.07 Å². The maximum absolute atomic E-state index is 6.41. The first-order valence-corrected chi connectivity index (χ1v) is 10.7. The molecule has 1 spiro atoms. The zero-order valence-corrected chi connectivity index (χ0v) is 17.2. The van der Waals surface area contributed by atoms with Crippen LogP contribution in [-0.4, -0.2) is 34.6 Å². The van der Waals surface area contributed by atoms with Gasteiger partial charge in [0.25, 0.3) is 0 Å². The fourth-order valence-electron chi connectivity index (χ4n) is 4.38. The zero-order chi connectivity index (χ0) is 20.0. The first-order chi connectivity index (χ1) is 14.0. The molecule has 5 heterocycles. The summed E-state index contributed by atoms with van der Waals surface area (Å²) in [5.74, 6) is 1.78. The standard InChI is InChI=1S/C21H24N6OS/c1-13-11-19(26-20(23)24-13)27-8-6-21(7-9-27)14-12-17(29-16(14)5-10-28-21)15-3-2-4-18(22)25-15/h2-4,11-12H,5-10H2,1H3,(H2,22,25)(H2,23,24,26). The third-order valence-corrected chi connectivity index (χ3v) is 7.00. The predicted molar refractivity (Wildman–Crippen MR) is 116 cm³/mol. The summed E-state index contributed by atoms with van der Waals surface area (Å²) in [6, 6.07) is 10.1. The lowest BCUT2D eigenvalue weighted by Gasteiger charge is -2.44. The van der Waals surface area contributed by atoms with Crippen LogP contribution in [0.5, 0.6) is 0 Å². The van der Waals surface area contributed by atoms with Crippen LogP contribution in [-0.2, 0) is 16.8 Å². The smallest absolute Gasteiger partial charge is 0.222 e. The molecular formula is C21H24N6OS. The quantitative estimate of drug-likeness (QED) is 0.671. The number of aromatic nitrogens is 3. The molecule has 1 saturated heterocycles. The number of aryl methyl sites for hydroxylation is 1. The maximum Gasteiger partial charge on any atom is 0.222 e. The second-order valence-corrected chi connectivity index (χ2v) is 8.84. The lowest BCUT2D eigenvalue weighted by Crippen LogP contribution is -2.46. The molecular weight excluding hydrogens is 384 g/mol. The van der Waals surface area contributed by atoms with Crippen molar-refractivity contribution < 1.29 is 4.74 Å². The van der Waals surface area contributed by atoms with Crippen molar-refractivity contribution in [2.45, 2.75) is 31.8 Å². The van der Waals surface area contributed by atoms with Crippen LogP contribution in [0.1, 0.15) is 29.0 Å². The molecule has 2 aliphatic rings. The van der Waals surface area contributed by atoms with Crippen LogP contribution in [0.4, 0.5) is 17.6 Å². The van der Waals surface area contributed by atoms with Crippen molar-refractivity contribution in [1.82, 2.24) is 15.0 Å².